The van der Waals surface area contributed by atoms with E-state index in [0.29, 0.717) is 5.56 Å². The van der Waals surface area contributed by atoms with Gasteiger partial charge in [-0.25, -0.2) is 0 Å². The Kier molecular flexibility index (Phi) is 4.48. The Hall–Kier alpha value is 1.33. The van der Waals surface area contributed by atoms with Gasteiger partial charge in [0, 0.05) is 16.3 Å². The quantitative estimate of drug-likeness (QED) is 0.459. The molecule has 12 heavy (non-hydrogen) atoms. The summed E-state index contributed by atoms with van der Waals surface area (Å²) in [6, 6.07) is 3.83. The van der Waals surface area contributed by atoms with Crippen LogP contribution in [0.3, 0.4) is 0 Å². The SMILES string of the molecule is OC(O)c1c(I)cc(I)cc1I. The number of aliphatic hydroxyl groups is 2. The van der Waals surface area contributed by atoms with Gasteiger partial charge in [-0.2, -0.15) is 0 Å². The lowest BCUT2D eigenvalue weighted by molar-refractivity contribution is -0.0437. The number of benzene rings is 1. The van der Waals surface area contributed by atoms with E-state index >= 15 is 0 Å². The summed E-state index contributed by atoms with van der Waals surface area (Å²) in [6.07, 6.45) is -1.37. The first kappa shape index (κ1) is 11.4. The van der Waals surface area contributed by atoms with Crippen LogP contribution in [0.15, 0.2) is 12.1 Å². The lowest BCUT2D eigenvalue weighted by atomic mass is 10.2. The van der Waals surface area contributed by atoms with Gasteiger partial charge in [0.2, 0.25) is 0 Å². The Labute approximate surface area is 111 Å². The van der Waals surface area contributed by atoms with Crippen molar-refractivity contribution in [1.82, 2.24) is 0 Å². The monoisotopic (exact) mass is 502 g/mol. The molecule has 0 atom stereocenters. The molecule has 0 aliphatic carbocycles. The molecule has 0 heterocycles. The number of halogens is 3. The van der Waals surface area contributed by atoms with Gasteiger partial charge >= 0.3 is 0 Å². The van der Waals surface area contributed by atoms with E-state index in [1.54, 1.807) is 0 Å². The van der Waals surface area contributed by atoms with Gasteiger partial charge in [0.25, 0.3) is 0 Å². The molecule has 0 spiro atoms. The molecule has 66 valence electrons. The fourth-order valence-corrected chi connectivity index (χ4v) is 4.94. The van der Waals surface area contributed by atoms with Crippen molar-refractivity contribution in [2.24, 2.45) is 0 Å². The average Bonchev–Trinajstić information content (AvgIpc) is 1.82. The van der Waals surface area contributed by atoms with E-state index < -0.39 is 6.29 Å². The van der Waals surface area contributed by atoms with Crippen molar-refractivity contribution < 1.29 is 10.2 Å². The Bertz CT molecular complexity index is 276. The van der Waals surface area contributed by atoms with Crippen molar-refractivity contribution in [3.8, 4) is 0 Å². The molecular weight excluding hydrogens is 497 g/mol. The van der Waals surface area contributed by atoms with Crippen molar-refractivity contribution in [3.05, 3.63) is 28.4 Å². The minimum Gasteiger partial charge on any atom is -0.364 e. The molecule has 1 rings (SSSR count). The first-order chi connectivity index (χ1) is 5.52. The van der Waals surface area contributed by atoms with Gasteiger partial charge in [0.05, 0.1) is 0 Å². The zero-order chi connectivity index (χ0) is 9.30. The molecule has 0 fully saturated rings. The van der Waals surface area contributed by atoms with Crippen LogP contribution in [0.4, 0.5) is 0 Å². The summed E-state index contributed by atoms with van der Waals surface area (Å²) in [6.45, 7) is 0. The van der Waals surface area contributed by atoms with E-state index in [1.807, 2.05) is 12.1 Å². The maximum Gasteiger partial charge on any atom is 0.180 e. The lowest BCUT2D eigenvalue weighted by Gasteiger charge is -2.09. The zero-order valence-electron chi connectivity index (χ0n) is 5.76. The minimum atomic E-state index is -1.37. The molecule has 2 N–H and O–H groups in total. The van der Waals surface area contributed by atoms with Crippen LogP contribution in [0.5, 0.6) is 0 Å². The van der Waals surface area contributed by atoms with Gasteiger partial charge in [-0.05, 0) is 79.9 Å². The largest absolute Gasteiger partial charge is 0.364 e. The summed E-state index contributed by atoms with van der Waals surface area (Å²) in [5.74, 6) is 0. The second kappa shape index (κ2) is 4.71. The van der Waals surface area contributed by atoms with Crippen molar-refractivity contribution in [1.29, 1.82) is 0 Å². The van der Waals surface area contributed by atoms with Gasteiger partial charge in [-0.1, -0.05) is 0 Å². The molecule has 1 aromatic rings. The topological polar surface area (TPSA) is 40.5 Å². The smallest absolute Gasteiger partial charge is 0.180 e. The molecule has 2 nitrogen and oxygen atoms in total. The Balaban J connectivity index is 3.28. The van der Waals surface area contributed by atoms with Gasteiger partial charge in [0.1, 0.15) is 0 Å². The highest BCUT2D eigenvalue weighted by Gasteiger charge is 2.12. The van der Waals surface area contributed by atoms with Crippen LogP contribution < -0.4 is 0 Å². The van der Waals surface area contributed by atoms with Crippen molar-refractivity contribution in [2.75, 3.05) is 0 Å². The van der Waals surface area contributed by atoms with Crippen LogP contribution in [0.1, 0.15) is 11.9 Å². The molecule has 0 radical (unpaired) electrons. The maximum absolute atomic E-state index is 9.02. The fraction of sp³-hybridized carbons (Fsp3) is 0.143. The van der Waals surface area contributed by atoms with Gasteiger partial charge < -0.3 is 10.2 Å². The summed E-state index contributed by atoms with van der Waals surface area (Å²) >= 11 is 6.39. The Morgan fingerprint density at radius 1 is 1.00 bits per heavy atom. The molecule has 0 aromatic heterocycles. The van der Waals surface area contributed by atoms with Crippen LogP contribution in [0.25, 0.3) is 0 Å². The van der Waals surface area contributed by atoms with Gasteiger partial charge in [0.15, 0.2) is 6.29 Å². The van der Waals surface area contributed by atoms with E-state index in [2.05, 4.69) is 67.8 Å². The van der Waals surface area contributed by atoms with Crippen LogP contribution in [0, 0.1) is 10.7 Å². The lowest BCUT2D eigenvalue weighted by Crippen LogP contribution is -2.01. The minimum absolute atomic E-state index is 0.594. The summed E-state index contributed by atoms with van der Waals surface area (Å²) in [5, 5.41) is 18.0. The standard InChI is InChI=1S/C7H5I3O2/c8-3-1-4(9)6(7(11)12)5(10)2-3/h1-2,7,11-12H. The first-order valence-electron chi connectivity index (χ1n) is 3.03. The molecule has 0 amide bonds. The van der Waals surface area contributed by atoms with Crippen LogP contribution in [-0.2, 0) is 0 Å². The molecule has 5 heteroatoms. The van der Waals surface area contributed by atoms with Gasteiger partial charge in [-0.3, -0.25) is 0 Å². The number of rotatable bonds is 1. The van der Waals surface area contributed by atoms with Gasteiger partial charge in [-0.15, -0.1) is 0 Å². The van der Waals surface area contributed by atoms with Crippen molar-refractivity contribution >= 4 is 67.8 Å². The van der Waals surface area contributed by atoms with Crippen LogP contribution in [-0.4, -0.2) is 10.2 Å². The third-order valence-corrected chi connectivity index (χ3v) is 3.71. The summed E-state index contributed by atoms with van der Waals surface area (Å²) in [5.41, 5.74) is 0.594. The van der Waals surface area contributed by atoms with Crippen molar-refractivity contribution in [2.45, 2.75) is 6.29 Å². The molecule has 0 aliphatic rings. The summed E-state index contributed by atoms with van der Waals surface area (Å²) < 4.78 is 2.88. The molecule has 0 unspecified atom stereocenters. The molecule has 1 aromatic carbocycles. The number of aliphatic hydroxyl groups excluding tert-OH is 1. The normalized spacial score (nSPS) is 10.8. The second-order valence-corrected chi connectivity index (χ2v) is 5.73. The summed E-state index contributed by atoms with van der Waals surface area (Å²) in [4.78, 5) is 0. The number of hydrogen-bond acceptors (Lipinski definition) is 2. The first-order valence-corrected chi connectivity index (χ1v) is 6.26. The third-order valence-electron chi connectivity index (χ3n) is 1.30. The molecule has 0 aliphatic heterocycles. The average molecular weight is 502 g/mol. The molecular formula is C7H5I3O2. The predicted molar refractivity (Wildman–Crippen MR) is 71.8 cm³/mol. The third kappa shape index (κ3) is 2.66. The van der Waals surface area contributed by atoms with E-state index in [-0.39, 0.29) is 0 Å². The fourth-order valence-electron chi connectivity index (χ4n) is 0.800. The highest BCUT2D eigenvalue weighted by Crippen LogP contribution is 2.26. The zero-order valence-corrected chi connectivity index (χ0v) is 12.2. The molecule has 0 bridgehead atoms. The summed E-state index contributed by atoms with van der Waals surface area (Å²) in [7, 11) is 0. The second-order valence-electron chi connectivity index (χ2n) is 2.16. The molecule has 0 saturated carbocycles. The molecule has 0 saturated heterocycles. The van der Waals surface area contributed by atoms with E-state index in [0.717, 1.165) is 10.7 Å². The predicted octanol–water partition coefficient (Wildman–Crippen LogP) is 2.48. The Morgan fingerprint density at radius 3 is 1.75 bits per heavy atom. The van der Waals surface area contributed by atoms with Crippen molar-refractivity contribution in [3.63, 3.8) is 0 Å². The highest BCUT2D eigenvalue weighted by atomic mass is 127. The van der Waals surface area contributed by atoms with Crippen LogP contribution in [0.2, 0.25) is 0 Å². The number of hydrogen-bond donors (Lipinski definition) is 2. The van der Waals surface area contributed by atoms with E-state index in [4.69, 9.17) is 10.2 Å². The Morgan fingerprint density at radius 2 is 1.42 bits per heavy atom. The van der Waals surface area contributed by atoms with E-state index in [9.17, 15) is 0 Å². The maximum atomic E-state index is 9.02. The van der Waals surface area contributed by atoms with Crippen LogP contribution >= 0.6 is 67.8 Å². The highest BCUT2D eigenvalue weighted by molar-refractivity contribution is 14.1. The van der Waals surface area contributed by atoms with E-state index in [1.165, 1.54) is 0 Å².